The molecule has 0 aromatic carbocycles. The lowest BCUT2D eigenvalue weighted by atomic mass is 9.33. The van der Waals surface area contributed by atoms with Gasteiger partial charge in [-0.25, -0.2) is 0 Å². The highest BCUT2D eigenvalue weighted by Crippen LogP contribution is 2.76. The highest BCUT2D eigenvalue weighted by Gasteiger charge is 2.70. The predicted octanol–water partition coefficient (Wildman–Crippen LogP) is 6.43. The van der Waals surface area contributed by atoms with E-state index >= 15 is 0 Å². The molecule has 0 radical (unpaired) electrons. The zero-order valence-corrected chi connectivity index (χ0v) is 25.2. The Balaban J connectivity index is 1.57. The van der Waals surface area contributed by atoms with Gasteiger partial charge in [0.1, 0.15) is 6.10 Å². The Morgan fingerprint density at radius 1 is 0.921 bits per heavy atom. The van der Waals surface area contributed by atoms with Crippen LogP contribution >= 0.6 is 0 Å². The minimum Gasteiger partial charge on any atom is -0.462 e. The van der Waals surface area contributed by atoms with Crippen LogP contribution in [0.15, 0.2) is 11.1 Å². The molecule has 0 amide bonds. The molecule has 38 heavy (non-hydrogen) atoms. The van der Waals surface area contributed by atoms with Gasteiger partial charge in [0.15, 0.2) is 11.6 Å². The summed E-state index contributed by atoms with van der Waals surface area (Å²) in [6, 6.07) is 0. The van der Waals surface area contributed by atoms with Crippen molar-refractivity contribution in [3.63, 3.8) is 0 Å². The Bertz CT molecular complexity index is 1090. The number of nitrogens with two attached hydrogens (primary N) is 1. The van der Waals surface area contributed by atoms with Crippen LogP contribution in [0.1, 0.15) is 113 Å². The van der Waals surface area contributed by atoms with E-state index in [4.69, 9.17) is 10.5 Å². The fraction of sp³-hybridized carbons (Fsp3) is 0.848. The summed E-state index contributed by atoms with van der Waals surface area (Å²) in [5, 5.41) is 0. The van der Waals surface area contributed by atoms with Gasteiger partial charge in [0.25, 0.3) is 0 Å². The van der Waals surface area contributed by atoms with Crippen molar-refractivity contribution in [1.82, 2.24) is 0 Å². The summed E-state index contributed by atoms with van der Waals surface area (Å²) < 4.78 is 5.88. The van der Waals surface area contributed by atoms with Gasteiger partial charge in [-0.2, -0.15) is 0 Å². The second-order valence-electron chi connectivity index (χ2n) is 15.4. The number of hydrogen-bond acceptors (Lipinski definition) is 5. The predicted molar refractivity (Wildman–Crippen MR) is 149 cm³/mol. The number of carbonyl (C=O) groups is 3. The largest absolute Gasteiger partial charge is 0.462 e. The standard InChI is InChI=1S/C33H51NO4/c1-19(2)27-22(36)17-33(25(37)18-34)16-15-31(7)21(28(27)33)9-10-24-30(6)13-12-26(38-20(3)35)29(4,5)23(30)11-14-32(24,31)8/h19,21,23-24,26H,9-18,34H2,1-8H3/t21-,23+,24-,26+,30+,31-,32-,33+/m1/s1. The Kier molecular flexibility index (Phi) is 6.46. The summed E-state index contributed by atoms with van der Waals surface area (Å²) in [5.41, 5.74) is 7.78. The minimum atomic E-state index is -0.663. The van der Waals surface area contributed by atoms with E-state index in [1.807, 2.05) is 0 Å². The number of allylic oxidation sites excluding steroid dienone is 2. The van der Waals surface area contributed by atoms with Crippen molar-refractivity contribution in [2.45, 2.75) is 119 Å². The van der Waals surface area contributed by atoms with E-state index in [-0.39, 0.29) is 63.7 Å². The van der Waals surface area contributed by atoms with Crippen LogP contribution in [-0.4, -0.2) is 30.2 Å². The summed E-state index contributed by atoms with van der Waals surface area (Å²) in [6.07, 6.45) is 8.55. The van der Waals surface area contributed by atoms with E-state index in [9.17, 15) is 14.4 Å². The molecule has 5 rings (SSSR count). The van der Waals surface area contributed by atoms with E-state index in [0.717, 1.165) is 56.9 Å². The Labute approximate surface area is 230 Å². The zero-order valence-electron chi connectivity index (χ0n) is 25.2. The van der Waals surface area contributed by atoms with Crippen LogP contribution in [0.5, 0.6) is 0 Å². The minimum absolute atomic E-state index is 0.0177. The summed E-state index contributed by atoms with van der Waals surface area (Å²) >= 11 is 0. The maximum Gasteiger partial charge on any atom is 0.302 e. The van der Waals surface area contributed by atoms with Crippen LogP contribution in [0, 0.1) is 50.7 Å². The van der Waals surface area contributed by atoms with Crippen molar-refractivity contribution in [2.24, 2.45) is 56.5 Å². The van der Waals surface area contributed by atoms with Gasteiger partial charge in [-0.05, 0) is 102 Å². The van der Waals surface area contributed by atoms with Crippen molar-refractivity contribution in [3.8, 4) is 0 Å². The average molecular weight is 526 g/mol. The summed E-state index contributed by atoms with van der Waals surface area (Å²) in [6.45, 7) is 18.1. The summed E-state index contributed by atoms with van der Waals surface area (Å²) in [5.74, 6) is 1.57. The molecule has 0 spiro atoms. The first kappa shape index (κ1) is 28.1. The molecule has 0 heterocycles. The Morgan fingerprint density at radius 3 is 2.21 bits per heavy atom. The van der Waals surface area contributed by atoms with E-state index in [1.165, 1.54) is 12.5 Å². The van der Waals surface area contributed by atoms with Crippen molar-refractivity contribution in [1.29, 1.82) is 0 Å². The topological polar surface area (TPSA) is 86.5 Å². The molecule has 0 unspecified atom stereocenters. The monoisotopic (exact) mass is 525 g/mol. The lowest BCUT2D eigenvalue weighted by molar-refractivity contribution is -0.232. The SMILES string of the molecule is CC(=O)O[C@H]1CC[C@]2(C)[C@H]3CC[C@@H]4C5=C(C(C)C)C(=O)C[C@]5(C(=O)CN)CC[C@@]4(C)[C@]3(C)CC[C@H]2C1(C)C. The third-order valence-electron chi connectivity index (χ3n) is 13.4. The van der Waals surface area contributed by atoms with E-state index in [1.54, 1.807) is 0 Å². The van der Waals surface area contributed by atoms with Crippen LogP contribution in [0.4, 0.5) is 0 Å². The first-order chi connectivity index (χ1) is 17.6. The molecule has 4 saturated carbocycles. The van der Waals surface area contributed by atoms with Crippen LogP contribution in [0.3, 0.4) is 0 Å². The number of ether oxygens (including phenoxy) is 1. The van der Waals surface area contributed by atoms with Crippen molar-refractivity contribution in [3.05, 3.63) is 11.1 Å². The molecular formula is C33H51NO4. The Morgan fingerprint density at radius 2 is 1.61 bits per heavy atom. The molecule has 0 bridgehead atoms. The van der Waals surface area contributed by atoms with E-state index in [2.05, 4.69) is 48.5 Å². The molecular weight excluding hydrogens is 474 g/mol. The fourth-order valence-corrected chi connectivity index (χ4v) is 11.5. The van der Waals surface area contributed by atoms with Crippen molar-refractivity contribution >= 4 is 17.5 Å². The molecule has 0 aromatic heterocycles. The maximum absolute atomic E-state index is 13.5. The first-order valence-electron chi connectivity index (χ1n) is 15.3. The number of fused-ring (bicyclic) bond motifs is 7. The second-order valence-corrected chi connectivity index (χ2v) is 15.4. The third-order valence-corrected chi connectivity index (χ3v) is 13.4. The number of carbonyl (C=O) groups excluding carboxylic acids is 3. The van der Waals surface area contributed by atoms with Gasteiger partial charge in [-0.1, -0.05) is 48.5 Å². The molecule has 5 nitrogen and oxygen atoms in total. The van der Waals surface area contributed by atoms with Gasteiger partial charge in [-0.3, -0.25) is 14.4 Å². The van der Waals surface area contributed by atoms with Gasteiger partial charge >= 0.3 is 5.97 Å². The highest BCUT2D eigenvalue weighted by molar-refractivity contribution is 6.07. The van der Waals surface area contributed by atoms with Gasteiger partial charge in [0.2, 0.25) is 0 Å². The van der Waals surface area contributed by atoms with Gasteiger partial charge < -0.3 is 10.5 Å². The van der Waals surface area contributed by atoms with E-state index in [0.29, 0.717) is 18.3 Å². The Hall–Kier alpha value is -1.49. The number of Topliss-reactive ketones (excluding diaryl/α,β-unsaturated/α-hetero) is 2. The fourth-order valence-electron chi connectivity index (χ4n) is 11.5. The zero-order chi connectivity index (χ0) is 28.1. The van der Waals surface area contributed by atoms with Crippen molar-refractivity contribution < 1.29 is 19.1 Å². The van der Waals surface area contributed by atoms with Crippen molar-refractivity contribution in [2.75, 3.05) is 6.54 Å². The molecule has 0 aliphatic heterocycles. The molecule has 4 fully saturated rings. The van der Waals surface area contributed by atoms with Gasteiger partial charge in [0, 0.05) is 18.8 Å². The molecule has 8 atom stereocenters. The number of hydrogen-bond donors (Lipinski definition) is 1. The van der Waals surface area contributed by atoms with Crippen LogP contribution in [0.2, 0.25) is 0 Å². The average Bonchev–Trinajstić information content (AvgIpc) is 3.14. The van der Waals surface area contributed by atoms with E-state index < -0.39 is 5.41 Å². The number of esters is 1. The molecule has 5 aliphatic rings. The lowest BCUT2D eigenvalue weighted by Gasteiger charge is -2.72. The molecule has 0 saturated heterocycles. The van der Waals surface area contributed by atoms with Gasteiger partial charge in [-0.15, -0.1) is 0 Å². The quantitative estimate of drug-likeness (QED) is 0.428. The number of ketones is 2. The van der Waals surface area contributed by atoms with Gasteiger partial charge in [0.05, 0.1) is 12.0 Å². The van der Waals surface area contributed by atoms with Crippen LogP contribution in [0.25, 0.3) is 0 Å². The van der Waals surface area contributed by atoms with Crippen LogP contribution in [-0.2, 0) is 19.1 Å². The van der Waals surface area contributed by atoms with Crippen LogP contribution < -0.4 is 5.73 Å². The molecule has 2 N–H and O–H groups in total. The lowest BCUT2D eigenvalue weighted by Crippen LogP contribution is -2.66. The highest BCUT2D eigenvalue weighted by atomic mass is 16.5. The maximum atomic E-state index is 13.5. The normalized spacial score (nSPS) is 45.7. The molecule has 212 valence electrons. The molecule has 5 aliphatic carbocycles. The smallest absolute Gasteiger partial charge is 0.302 e. The second kappa shape index (κ2) is 8.75. The number of rotatable bonds is 4. The summed E-state index contributed by atoms with van der Waals surface area (Å²) in [7, 11) is 0. The first-order valence-corrected chi connectivity index (χ1v) is 15.3. The molecule has 5 heteroatoms. The molecule has 0 aromatic rings. The third kappa shape index (κ3) is 3.42. The summed E-state index contributed by atoms with van der Waals surface area (Å²) in [4.78, 5) is 38.9.